The Morgan fingerprint density at radius 1 is 1.33 bits per heavy atom. The average Bonchev–Trinajstić information content (AvgIpc) is 2.90. The summed E-state index contributed by atoms with van der Waals surface area (Å²) in [6.45, 7) is 3.19. The van der Waals surface area contributed by atoms with Crippen LogP contribution in [0.15, 0.2) is 24.3 Å². The number of nitrogens with one attached hydrogen (secondary N) is 2. The zero-order chi connectivity index (χ0) is 17.9. The van der Waals surface area contributed by atoms with E-state index in [0.29, 0.717) is 5.69 Å². The van der Waals surface area contributed by atoms with Crippen LogP contribution in [0.1, 0.15) is 30.6 Å². The van der Waals surface area contributed by atoms with Crippen LogP contribution in [0.2, 0.25) is 0 Å². The fraction of sp³-hybridized carbons (Fsp3) is 0.438. The van der Waals surface area contributed by atoms with Crippen LogP contribution in [0.3, 0.4) is 0 Å². The Balaban J connectivity index is 2.07. The number of rotatable bonds is 4. The van der Waals surface area contributed by atoms with Crippen molar-refractivity contribution in [3.63, 3.8) is 0 Å². The molecule has 1 aromatic rings. The highest BCUT2D eigenvalue weighted by atomic mass is 19.1. The maximum Gasteiger partial charge on any atom is 0.343 e. The van der Waals surface area contributed by atoms with Gasteiger partial charge in [-0.3, -0.25) is 4.79 Å². The summed E-state index contributed by atoms with van der Waals surface area (Å²) in [6.07, 6.45) is -0.233. The first-order valence-electron chi connectivity index (χ1n) is 7.60. The minimum atomic E-state index is -2.40. The maximum atomic E-state index is 14.1. The Bertz CT molecular complexity index is 664. The summed E-state index contributed by atoms with van der Waals surface area (Å²) in [5.74, 6) is -2.03. The summed E-state index contributed by atoms with van der Waals surface area (Å²) in [5, 5.41) is 14.2. The molecule has 1 aliphatic heterocycles. The summed E-state index contributed by atoms with van der Waals surface area (Å²) in [7, 11) is 0. The van der Waals surface area contributed by atoms with E-state index in [4.69, 9.17) is 5.11 Å². The first-order chi connectivity index (χ1) is 11.2. The van der Waals surface area contributed by atoms with Gasteiger partial charge < -0.3 is 20.6 Å². The van der Waals surface area contributed by atoms with E-state index in [1.807, 2.05) is 13.8 Å². The number of anilines is 1. The predicted molar refractivity (Wildman–Crippen MR) is 85.7 cm³/mol. The van der Waals surface area contributed by atoms with E-state index in [9.17, 15) is 18.8 Å². The van der Waals surface area contributed by atoms with Gasteiger partial charge in [-0.25, -0.2) is 14.0 Å². The second-order valence-electron chi connectivity index (χ2n) is 6.08. The van der Waals surface area contributed by atoms with E-state index in [-0.39, 0.29) is 24.6 Å². The van der Waals surface area contributed by atoms with Crippen LogP contribution in [-0.4, -0.2) is 52.7 Å². The number of nitrogens with zero attached hydrogens (tertiary/aromatic N) is 1. The molecule has 8 heteroatoms. The number of hydrogen-bond donors (Lipinski definition) is 3. The number of carboxylic acids is 1. The van der Waals surface area contributed by atoms with E-state index >= 15 is 0 Å². The number of carbonyl (C=O) groups is 3. The number of carboxylic acid groups (broad SMARTS) is 1. The number of aliphatic carboxylic acids is 1. The van der Waals surface area contributed by atoms with Crippen molar-refractivity contribution in [3.8, 4) is 0 Å². The number of likely N-dealkylation sites (tertiary alicyclic amines) is 1. The fourth-order valence-electron chi connectivity index (χ4n) is 2.46. The molecule has 1 atom stereocenters. The van der Waals surface area contributed by atoms with Gasteiger partial charge in [0.15, 0.2) is 0 Å². The molecule has 1 aliphatic rings. The number of alkyl halides is 1. The molecule has 3 N–H and O–H groups in total. The van der Waals surface area contributed by atoms with Crippen molar-refractivity contribution in [2.45, 2.75) is 32.0 Å². The van der Waals surface area contributed by atoms with E-state index in [0.717, 1.165) is 0 Å². The zero-order valence-electron chi connectivity index (χ0n) is 13.5. The van der Waals surface area contributed by atoms with Crippen molar-refractivity contribution in [3.05, 3.63) is 29.8 Å². The molecule has 7 nitrogen and oxygen atoms in total. The van der Waals surface area contributed by atoms with Crippen LogP contribution in [0.25, 0.3) is 0 Å². The Hall–Kier alpha value is -2.64. The highest BCUT2D eigenvalue weighted by Crippen LogP contribution is 2.27. The van der Waals surface area contributed by atoms with Gasteiger partial charge in [-0.05, 0) is 32.0 Å². The Labute approximate surface area is 138 Å². The highest BCUT2D eigenvalue weighted by Gasteiger charge is 2.46. The highest BCUT2D eigenvalue weighted by molar-refractivity contribution is 5.97. The summed E-state index contributed by atoms with van der Waals surface area (Å²) >= 11 is 0. The summed E-state index contributed by atoms with van der Waals surface area (Å²) < 4.78 is 14.1. The lowest BCUT2D eigenvalue weighted by Gasteiger charge is -2.18. The van der Waals surface area contributed by atoms with Gasteiger partial charge in [0.1, 0.15) is 0 Å². The largest absolute Gasteiger partial charge is 0.479 e. The van der Waals surface area contributed by atoms with Crippen LogP contribution in [0.5, 0.6) is 0 Å². The van der Waals surface area contributed by atoms with Gasteiger partial charge in [0.25, 0.3) is 5.91 Å². The molecule has 130 valence electrons. The molecule has 1 heterocycles. The molecule has 1 unspecified atom stereocenters. The third-order valence-electron chi connectivity index (χ3n) is 3.68. The van der Waals surface area contributed by atoms with Gasteiger partial charge in [0, 0.05) is 30.3 Å². The Morgan fingerprint density at radius 3 is 2.62 bits per heavy atom. The van der Waals surface area contributed by atoms with E-state index < -0.39 is 30.1 Å². The molecule has 0 aliphatic carbocycles. The number of halogens is 1. The van der Waals surface area contributed by atoms with E-state index in [1.54, 1.807) is 12.1 Å². The molecule has 0 saturated carbocycles. The number of amides is 3. The quantitative estimate of drug-likeness (QED) is 0.781. The van der Waals surface area contributed by atoms with Crippen LogP contribution in [-0.2, 0) is 4.79 Å². The van der Waals surface area contributed by atoms with E-state index in [2.05, 4.69) is 10.6 Å². The molecule has 3 amide bonds. The SMILES string of the molecule is CC(C)NC(=O)Nc1cccc(C(=O)N2CCC(F)(C(=O)O)C2)c1. The minimum absolute atomic E-state index is 0.0342. The minimum Gasteiger partial charge on any atom is -0.479 e. The second kappa shape index (κ2) is 6.86. The van der Waals surface area contributed by atoms with Gasteiger partial charge in [-0.15, -0.1) is 0 Å². The van der Waals surface area contributed by atoms with Gasteiger partial charge in [0.2, 0.25) is 5.67 Å². The molecule has 1 fully saturated rings. The van der Waals surface area contributed by atoms with Crippen molar-refractivity contribution in [1.82, 2.24) is 10.2 Å². The van der Waals surface area contributed by atoms with Crippen molar-refractivity contribution < 1.29 is 23.9 Å². The molecule has 0 aromatic heterocycles. The lowest BCUT2D eigenvalue weighted by Crippen LogP contribution is -2.39. The number of hydrogen-bond acceptors (Lipinski definition) is 3. The van der Waals surface area contributed by atoms with Gasteiger partial charge >= 0.3 is 12.0 Å². The van der Waals surface area contributed by atoms with Crippen molar-refractivity contribution in [2.75, 3.05) is 18.4 Å². The first-order valence-corrected chi connectivity index (χ1v) is 7.60. The summed E-state index contributed by atoms with van der Waals surface area (Å²) in [5.41, 5.74) is -1.72. The molecular weight excluding hydrogens is 317 g/mol. The van der Waals surface area contributed by atoms with Gasteiger partial charge in [0.05, 0.1) is 6.54 Å². The smallest absolute Gasteiger partial charge is 0.343 e. The third kappa shape index (κ3) is 4.01. The van der Waals surface area contributed by atoms with Crippen molar-refractivity contribution in [2.24, 2.45) is 0 Å². The number of urea groups is 1. The van der Waals surface area contributed by atoms with Crippen LogP contribution in [0, 0.1) is 0 Å². The summed E-state index contributed by atoms with van der Waals surface area (Å²) in [4.78, 5) is 36.2. The number of carbonyl (C=O) groups excluding carboxylic acids is 2. The van der Waals surface area contributed by atoms with Gasteiger partial charge in [-0.1, -0.05) is 6.07 Å². The summed E-state index contributed by atoms with van der Waals surface area (Å²) in [6, 6.07) is 5.79. The van der Waals surface area contributed by atoms with Crippen LogP contribution >= 0.6 is 0 Å². The van der Waals surface area contributed by atoms with Crippen LogP contribution < -0.4 is 10.6 Å². The molecule has 0 spiro atoms. The van der Waals surface area contributed by atoms with E-state index in [1.165, 1.54) is 17.0 Å². The first kappa shape index (κ1) is 17.7. The fourth-order valence-corrected chi connectivity index (χ4v) is 2.46. The topological polar surface area (TPSA) is 98.7 Å². The monoisotopic (exact) mass is 337 g/mol. The Morgan fingerprint density at radius 2 is 2.04 bits per heavy atom. The van der Waals surface area contributed by atoms with Crippen molar-refractivity contribution >= 4 is 23.6 Å². The Kier molecular flexibility index (Phi) is 5.06. The lowest BCUT2D eigenvalue weighted by atomic mass is 10.1. The van der Waals surface area contributed by atoms with Crippen molar-refractivity contribution in [1.29, 1.82) is 0 Å². The molecule has 1 aromatic carbocycles. The third-order valence-corrected chi connectivity index (χ3v) is 3.68. The average molecular weight is 337 g/mol. The number of benzene rings is 1. The predicted octanol–water partition coefficient (Wildman–Crippen LogP) is 1.86. The standard InChI is InChI=1S/C16H20FN3O4/c1-10(2)18-15(24)19-12-5-3-4-11(8-12)13(21)20-7-6-16(17,9-20)14(22)23/h3-5,8,10H,6-7,9H2,1-2H3,(H,22,23)(H2,18,19,24). The van der Waals surface area contributed by atoms with Gasteiger partial charge in [-0.2, -0.15) is 0 Å². The molecule has 0 bridgehead atoms. The normalized spacial score (nSPS) is 20.1. The molecule has 0 radical (unpaired) electrons. The molecule has 2 rings (SSSR count). The van der Waals surface area contributed by atoms with Crippen LogP contribution in [0.4, 0.5) is 14.9 Å². The zero-order valence-corrected chi connectivity index (χ0v) is 13.5. The maximum absolute atomic E-state index is 14.1. The second-order valence-corrected chi connectivity index (χ2v) is 6.08. The molecular formula is C16H20FN3O4. The lowest BCUT2D eigenvalue weighted by molar-refractivity contribution is -0.149. The molecule has 1 saturated heterocycles. The molecule has 24 heavy (non-hydrogen) atoms.